The predicted molar refractivity (Wildman–Crippen MR) is 232 cm³/mol. The van der Waals surface area contributed by atoms with Gasteiger partial charge in [-0.25, -0.2) is 4.98 Å². The fraction of sp³-hybridized carbons (Fsp3) is 0.118. The monoisotopic (exact) mass is 787 g/mol. The maximum absolute atomic E-state index is 15.0. The predicted octanol–water partition coefficient (Wildman–Crippen LogP) is 9.87. The van der Waals surface area contributed by atoms with Gasteiger partial charge in [-0.2, -0.15) is 0 Å². The largest absolute Gasteiger partial charge is 0.497 e. The van der Waals surface area contributed by atoms with Crippen molar-refractivity contribution in [2.75, 3.05) is 14.2 Å². The van der Waals surface area contributed by atoms with Gasteiger partial charge >= 0.3 is 0 Å². The van der Waals surface area contributed by atoms with Crippen LogP contribution in [-0.4, -0.2) is 52.5 Å². The second-order valence-electron chi connectivity index (χ2n) is 14.5. The third-order valence-electron chi connectivity index (χ3n) is 11.0. The van der Waals surface area contributed by atoms with Crippen LogP contribution < -0.4 is 9.47 Å². The molecule has 0 N–H and O–H groups in total. The first-order valence-electron chi connectivity index (χ1n) is 19.8. The highest BCUT2D eigenvalue weighted by atomic mass is 16.5. The van der Waals surface area contributed by atoms with Crippen molar-refractivity contribution >= 4 is 23.5 Å². The lowest BCUT2D eigenvalue weighted by molar-refractivity contribution is 0.0797. The first-order chi connectivity index (χ1) is 29.5. The summed E-state index contributed by atoms with van der Waals surface area (Å²) in [6.07, 6.45) is 0. The number of aliphatic imine (C=N–C) groups is 2. The molecule has 294 valence electrons. The number of rotatable bonds is 10. The zero-order valence-electron chi connectivity index (χ0n) is 33.1. The van der Waals surface area contributed by atoms with Crippen LogP contribution in [0.15, 0.2) is 198 Å². The molecule has 0 radical (unpaired) electrons. The fourth-order valence-corrected chi connectivity index (χ4v) is 8.11. The smallest absolute Gasteiger partial charge is 0.260 e. The van der Waals surface area contributed by atoms with Crippen molar-refractivity contribution in [3.8, 4) is 11.5 Å². The van der Waals surface area contributed by atoms with Crippen LogP contribution in [0.2, 0.25) is 0 Å². The molecule has 9 heteroatoms. The summed E-state index contributed by atoms with van der Waals surface area (Å²) >= 11 is 0. The Hall–Kier alpha value is -7.65. The molecular weight excluding hydrogens is 747 g/mol. The summed E-state index contributed by atoms with van der Waals surface area (Å²) < 4.78 is 10.8. The minimum absolute atomic E-state index is 0.237. The lowest BCUT2D eigenvalue weighted by Crippen LogP contribution is -2.39. The van der Waals surface area contributed by atoms with E-state index in [1.165, 1.54) is 0 Å². The van der Waals surface area contributed by atoms with Crippen molar-refractivity contribution in [1.29, 1.82) is 0 Å². The number of carbonyl (C=O) groups excluding carboxylic acids is 2. The molecule has 0 saturated heterocycles. The summed E-state index contributed by atoms with van der Waals surface area (Å²) in [4.78, 5) is 49.4. The van der Waals surface area contributed by atoms with Crippen LogP contribution in [0.1, 0.15) is 78.5 Å². The maximum Gasteiger partial charge on any atom is 0.260 e. The average molecular weight is 788 g/mol. The minimum Gasteiger partial charge on any atom is -0.497 e. The SMILES string of the molecule is COc1ccc(C(=O)N2C(c3cccc(C4=N[C@H](c5ccccc5)[C@@H](c5ccccc5)N4C(=O)c4ccc(OC)cc4)n3)=N[C@H](c3ccccc3)[C@H]2c2ccccc2)cc1. The number of amidine groups is 2. The molecule has 0 unspecified atom stereocenters. The van der Waals surface area contributed by atoms with E-state index < -0.39 is 24.2 Å². The lowest BCUT2D eigenvalue weighted by Gasteiger charge is -2.30. The summed E-state index contributed by atoms with van der Waals surface area (Å²) in [6, 6.07) is 57.9. The molecule has 0 saturated carbocycles. The van der Waals surface area contributed by atoms with Gasteiger partial charge in [-0.15, -0.1) is 0 Å². The van der Waals surface area contributed by atoms with E-state index in [1.807, 2.05) is 140 Å². The summed E-state index contributed by atoms with van der Waals surface area (Å²) in [7, 11) is 3.20. The van der Waals surface area contributed by atoms with Gasteiger partial charge in [0.2, 0.25) is 0 Å². The number of aromatic nitrogens is 1. The number of hydrogen-bond acceptors (Lipinski definition) is 7. The molecule has 60 heavy (non-hydrogen) atoms. The summed E-state index contributed by atoms with van der Waals surface area (Å²) in [6.45, 7) is 0. The molecule has 9 rings (SSSR count). The fourth-order valence-electron chi connectivity index (χ4n) is 8.11. The normalized spacial score (nSPS) is 18.4. The molecular formula is C51H41N5O4. The number of hydrogen-bond donors (Lipinski definition) is 0. The van der Waals surface area contributed by atoms with Crippen LogP contribution in [0.25, 0.3) is 0 Å². The first-order valence-corrected chi connectivity index (χ1v) is 19.8. The highest BCUT2D eigenvalue weighted by molar-refractivity contribution is 6.16. The number of benzene rings is 6. The lowest BCUT2D eigenvalue weighted by atomic mass is 9.93. The number of nitrogens with zero attached hydrogens (tertiary/aromatic N) is 5. The zero-order valence-corrected chi connectivity index (χ0v) is 33.1. The van der Waals surface area contributed by atoms with Crippen LogP contribution >= 0.6 is 0 Å². The van der Waals surface area contributed by atoms with Gasteiger partial charge in [0.25, 0.3) is 11.8 Å². The van der Waals surface area contributed by atoms with E-state index in [4.69, 9.17) is 24.4 Å². The van der Waals surface area contributed by atoms with Gasteiger partial charge in [0, 0.05) is 11.1 Å². The van der Waals surface area contributed by atoms with Crippen LogP contribution in [0, 0.1) is 0 Å². The molecule has 0 fully saturated rings. The number of ether oxygens (including phenoxy) is 2. The molecule has 3 heterocycles. The number of methoxy groups -OCH3 is 2. The Labute approximate surface area is 348 Å². The van der Waals surface area contributed by atoms with Gasteiger partial charge in [0.05, 0.1) is 26.3 Å². The maximum atomic E-state index is 15.0. The Morgan fingerprint density at radius 2 is 0.750 bits per heavy atom. The Bertz CT molecular complexity index is 2490. The first kappa shape index (κ1) is 37.9. The van der Waals surface area contributed by atoms with E-state index in [-0.39, 0.29) is 11.8 Å². The van der Waals surface area contributed by atoms with Gasteiger partial charge in [-0.05, 0) is 82.9 Å². The molecule has 2 aliphatic rings. The number of amides is 2. The molecule has 2 aliphatic heterocycles. The van der Waals surface area contributed by atoms with Crippen LogP contribution in [0.3, 0.4) is 0 Å². The van der Waals surface area contributed by atoms with E-state index >= 15 is 0 Å². The molecule has 0 aliphatic carbocycles. The molecule has 4 atom stereocenters. The topological polar surface area (TPSA) is 96.7 Å². The van der Waals surface area contributed by atoms with Crippen molar-refractivity contribution in [1.82, 2.24) is 14.8 Å². The average Bonchev–Trinajstić information content (AvgIpc) is 3.93. The van der Waals surface area contributed by atoms with E-state index in [0.29, 0.717) is 45.7 Å². The van der Waals surface area contributed by atoms with E-state index in [2.05, 4.69) is 0 Å². The zero-order chi connectivity index (χ0) is 41.0. The Morgan fingerprint density at radius 1 is 0.417 bits per heavy atom. The molecule has 1 aromatic heterocycles. The van der Waals surface area contributed by atoms with Gasteiger partial charge in [0.15, 0.2) is 11.7 Å². The van der Waals surface area contributed by atoms with Crippen LogP contribution in [0.5, 0.6) is 11.5 Å². The summed E-state index contributed by atoms with van der Waals surface area (Å²) in [5, 5.41) is 0. The molecule has 0 spiro atoms. The van der Waals surface area contributed by atoms with Gasteiger partial charge in [-0.3, -0.25) is 29.4 Å². The summed E-state index contributed by atoms with van der Waals surface area (Å²) in [5.74, 6) is 1.63. The highest BCUT2D eigenvalue weighted by Gasteiger charge is 2.45. The second-order valence-corrected chi connectivity index (χ2v) is 14.5. The minimum atomic E-state index is -0.495. The van der Waals surface area contributed by atoms with Crippen molar-refractivity contribution in [2.24, 2.45) is 9.98 Å². The van der Waals surface area contributed by atoms with Crippen LogP contribution in [0.4, 0.5) is 0 Å². The van der Waals surface area contributed by atoms with E-state index in [9.17, 15) is 9.59 Å². The molecule has 7 aromatic rings. The number of carbonyl (C=O) groups is 2. The van der Waals surface area contributed by atoms with Gasteiger partial charge in [-0.1, -0.05) is 127 Å². The summed E-state index contributed by atoms with van der Waals surface area (Å²) in [5.41, 5.74) is 5.65. The highest BCUT2D eigenvalue weighted by Crippen LogP contribution is 2.46. The molecule has 6 aromatic carbocycles. The van der Waals surface area contributed by atoms with Crippen molar-refractivity contribution in [3.05, 3.63) is 233 Å². The number of pyridine rings is 1. The van der Waals surface area contributed by atoms with E-state index in [0.717, 1.165) is 22.3 Å². The van der Waals surface area contributed by atoms with Gasteiger partial charge in [0.1, 0.15) is 35.0 Å². The molecule has 2 amide bonds. The van der Waals surface area contributed by atoms with E-state index in [1.54, 1.807) is 72.6 Å². The molecule has 0 bridgehead atoms. The Morgan fingerprint density at radius 3 is 1.08 bits per heavy atom. The van der Waals surface area contributed by atoms with Crippen molar-refractivity contribution in [3.63, 3.8) is 0 Å². The Balaban J connectivity index is 1.21. The Kier molecular flexibility index (Phi) is 10.5. The molecule has 9 nitrogen and oxygen atoms in total. The second kappa shape index (κ2) is 16.7. The standard InChI is InChI=1S/C51H41N5O4/c1-59-40-30-26-38(27-31-40)50(57)55-46(36-20-11-5-12-21-36)44(34-16-7-3-8-17-34)53-48(55)42-24-15-25-43(52-42)49-54-45(35-18-9-4-10-19-35)47(37-22-13-6-14-23-37)56(49)51(58)39-28-32-41(60-2)33-29-39/h3-33,44-47H,1-2H3/t44-,45-,46-,47-/m1/s1. The third-order valence-corrected chi connectivity index (χ3v) is 11.0. The quantitative estimate of drug-likeness (QED) is 0.138. The van der Waals surface area contributed by atoms with Gasteiger partial charge < -0.3 is 9.47 Å². The van der Waals surface area contributed by atoms with Crippen LogP contribution in [-0.2, 0) is 0 Å². The van der Waals surface area contributed by atoms with Crippen molar-refractivity contribution < 1.29 is 19.1 Å². The van der Waals surface area contributed by atoms with Crippen molar-refractivity contribution in [2.45, 2.75) is 24.2 Å². The third kappa shape index (κ3) is 7.22.